The fraction of sp³-hybridized carbons (Fsp3) is 0.200. The van der Waals surface area contributed by atoms with Gasteiger partial charge in [0.15, 0.2) is 0 Å². The number of carbonyl (C=O) groups excluding carboxylic acids is 1. The molecule has 0 saturated heterocycles. The van der Waals surface area contributed by atoms with E-state index in [1.165, 1.54) is 0 Å². The van der Waals surface area contributed by atoms with Gasteiger partial charge in [0.2, 0.25) is 6.10 Å². The van der Waals surface area contributed by atoms with Crippen LogP contribution in [0.1, 0.15) is 37.1 Å². The van der Waals surface area contributed by atoms with Crippen LogP contribution in [0.4, 0.5) is 4.79 Å². The number of ether oxygens (including phenoxy) is 2. The van der Waals surface area contributed by atoms with E-state index in [0.717, 1.165) is 5.56 Å². The van der Waals surface area contributed by atoms with E-state index in [9.17, 15) is 10.1 Å². The van der Waals surface area contributed by atoms with Gasteiger partial charge in [0.25, 0.3) is 0 Å². The molecule has 0 aliphatic rings. The van der Waals surface area contributed by atoms with Crippen LogP contribution in [0.15, 0.2) is 84.9 Å². The van der Waals surface area contributed by atoms with E-state index in [1.54, 1.807) is 24.3 Å². The van der Waals surface area contributed by atoms with Gasteiger partial charge in [-0.2, -0.15) is 5.26 Å². The molecular weight excluding hydrogens is 376 g/mol. The minimum atomic E-state index is -1.05. The average molecular weight is 400 g/mol. The summed E-state index contributed by atoms with van der Waals surface area (Å²) in [6.45, 7) is 4.04. The van der Waals surface area contributed by atoms with Crippen LogP contribution in [0, 0.1) is 17.2 Å². The molecule has 3 rings (SSSR count). The van der Waals surface area contributed by atoms with Crippen LogP contribution < -0.4 is 10.1 Å². The van der Waals surface area contributed by atoms with Gasteiger partial charge in [0, 0.05) is 5.56 Å². The highest BCUT2D eigenvalue weighted by atomic mass is 16.6. The predicted molar refractivity (Wildman–Crippen MR) is 115 cm³/mol. The fourth-order valence-electron chi connectivity index (χ4n) is 3.10. The molecule has 0 fully saturated rings. The van der Waals surface area contributed by atoms with Gasteiger partial charge in [-0.25, -0.2) is 4.79 Å². The zero-order valence-corrected chi connectivity index (χ0v) is 17.0. The Kier molecular flexibility index (Phi) is 7.07. The Morgan fingerprint density at radius 3 is 2.10 bits per heavy atom. The van der Waals surface area contributed by atoms with Gasteiger partial charge in [-0.1, -0.05) is 74.5 Å². The van der Waals surface area contributed by atoms with Crippen LogP contribution in [0.5, 0.6) is 11.5 Å². The molecule has 0 spiro atoms. The quantitative estimate of drug-likeness (QED) is 0.515. The van der Waals surface area contributed by atoms with Crippen molar-refractivity contribution in [2.75, 3.05) is 0 Å². The topological polar surface area (TPSA) is 71.3 Å². The van der Waals surface area contributed by atoms with E-state index in [1.807, 2.05) is 80.6 Å². The molecule has 2 unspecified atom stereocenters. The third-order valence-corrected chi connectivity index (χ3v) is 4.58. The first-order valence-electron chi connectivity index (χ1n) is 9.81. The van der Waals surface area contributed by atoms with Crippen molar-refractivity contribution >= 4 is 6.09 Å². The Morgan fingerprint density at radius 1 is 0.867 bits per heavy atom. The summed E-state index contributed by atoms with van der Waals surface area (Å²) in [4.78, 5) is 12.5. The van der Waals surface area contributed by atoms with Gasteiger partial charge >= 0.3 is 6.09 Å². The summed E-state index contributed by atoms with van der Waals surface area (Å²) >= 11 is 0. The van der Waals surface area contributed by atoms with Gasteiger partial charge in [0.1, 0.15) is 17.6 Å². The molecular formula is C25H24N2O3. The highest BCUT2D eigenvalue weighted by molar-refractivity contribution is 5.68. The maximum Gasteiger partial charge on any atom is 0.409 e. The van der Waals surface area contributed by atoms with Crippen molar-refractivity contribution in [2.24, 2.45) is 5.92 Å². The zero-order chi connectivity index (χ0) is 21.3. The number of nitrogens with one attached hydrogen (secondary N) is 1. The van der Waals surface area contributed by atoms with E-state index in [4.69, 9.17) is 9.47 Å². The summed E-state index contributed by atoms with van der Waals surface area (Å²) in [5.74, 6) is 1.40. The Hall–Kier alpha value is -3.78. The van der Waals surface area contributed by atoms with E-state index in [2.05, 4.69) is 5.32 Å². The molecule has 1 N–H and O–H groups in total. The van der Waals surface area contributed by atoms with Crippen molar-refractivity contribution in [1.29, 1.82) is 5.26 Å². The standard InChI is InChI=1S/C25H24N2O3/c1-18(2)24(19-10-5-3-6-11-19)27-25(28)30-23(17-26)20-12-9-15-22(16-20)29-21-13-7-4-8-14-21/h3-16,18,23-24H,1-2H3,(H,27,28). The number of nitriles is 1. The first kappa shape index (κ1) is 20.9. The van der Waals surface area contributed by atoms with Gasteiger partial charge in [0.05, 0.1) is 6.04 Å². The number of rotatable bonds is 7. The lowest BCUT2D eigenvalue weighted by Crippen LogP contribution is -2.33. The van der Waals surface area contributed by atoms with Crippen LogP contribution in [0.25, 0.3) is 0 Å². The number of hydrogen-bond acceptors (Lipinski definition) is 4. The molecule has 5 nitrogen and oxygen atoms in total. The minimum absolute atomic E-state index is 0.156. The Bertz CT molecular complexity index is 998. The van der Waals surface area contributed by atoms with Crippen molar-refractivity contribution in [3.05, 3.63) is 96.1 Å². The van der Waals surface area contributed by atoms with Crippen LogP contribution >= 0.6 is 0 Å². The van der Waals surface area contributed by atoms with Crippen molar-refractivity contribution in [3.63, 3.8) is 0 Å². The van der Waals surface area contributed by atoms with E-state index in [-0.39, 0.29) is 12.0 Å². The largest absolute Gasteiger partial charge is 0.457 e. The normalized spacial score (nSPS) is 12.5. The second kappa shape index (κ2) is 10.1. The molecule has 0 heterocycles. The van der Waals surface area contributed by atoms with E-state index >= 15 is 0 Å². The summed E-state index contributed by atoms with van der Waals surface area (Å²) in [6.07, 6.45) is -1.69. The van der Waals surface area contributed by atoms with Gasteiger partial charge in [-0.15, -0.1) is 0 Å². The number of amides is 1. The maximum absolute atomic E-state index is 12.5. The number of alkyl carbamates (subject to hydrolysis) is 1. The highest BCUT2D eigenvalue weighted by Crippen LogP contribution is 2.27. The van der Waals surface area contributed by atoms with Crippen LogP contribution in [-0.4, -0.2) is 6.09 Å². The van der Waals surface area contributed by atoms with Gasteiger partial charge in [-0.3, -0.25) is 0 Å². The van der Waals surface area contributed by atoms with Crippen LogP contribution in [-0.2, 0) is 4.74 Å². The first-order valence-corrected chi connectivity index (χ1v) is 9.81. The van der Waals surface area contributed by atoms with Crippen LogP contribution in [0.3, 0.4) is 0 Å². The monoisotopic (exact) mass is 400 g/mol. The third kappa shape index (κ3) is 5.62. The van der Waals surface area contributed by atoms with Crippen LogP contribution in [0.2, 0.25) is 0 Å². The lowest BCUT2D eigenvalue weighted by molar-refractivity contribution is 0.116. The second-order valence-corrected chi connectivity index (χ2v) is 7.18. The van der Waals surface area contributed by atoms with Crippen molar-refractivity contribution in [1.82, 2.24) is 5.32 Å². The summed E-state index contributed by atoms with van der Waals surface area (Å²) in [5.41, 5.74) is 1.53. The second-order valence-electron chi connectivity index (χ2n) is 7.18. The lowest BCUT2D eigenvalue weighted by Gasteiger charge is -2.23. The zero-order valence-electron chi connectivity index (χ0n) is 17.0. The summed E-state index contributed by atoms with van der Waals surface area (Å²) in [5, 5.41) is 12.5. The number of nitrogens with zero attached hydrogens (tertiary/aromatic N) is 1. The van der Waals surface area contributed by atoms with Crippen molar-refractivity contribution < 1.29 is 14.3 Å². The molecule has 2 atom stereocenters. The van der Waals surface area contributed by atoms with Crippen molar-refractivity contribution in [3.8, 4) is 17.6 Å². The fourth-order valence-corrected chi connectivity index (χ4v) is 3.10. The molecule has 152 valence electrons. The molecule has 0 saturated carbocycles. The molecule has 5 heteroatoms. The smallest absolute Gasteiger partial charge is 0.409 e. The number of benzene rings is 3. The molecule has 1 amide bonds. The molecule has 3 aromatic rings. The lowest BCUT2D eigenvalue weighted by atomic mass is 9.96. The first-order chi connectivity index (χ1) is 14.6. The summed E-state index contributed by atoms with van der Waals surface area (Å²) in [6, 6.07) is 27.8. The maximum atomic E-state index is 12.5. The SMILES string of the molecule is CC(C)C(NC(=O)OC(C#N)c1cccc(Oc2ccccc2)c1)c1ccccc1. The molecule has 30 heavy (non-hydrogen) atoms. The average Bonchev–Trinajstić information content (AvgIpc) is 2.77. The van der Waals surface area contributed by atoms with Gasteiger partial charge < -0.3 is 14.8 Å². The Morgan fingerprint density at radius 2 is 1.47 bits per heavy atom. The summed E-state index contributed by atoms with van der Waals surface area (Å²) in [7, 11) is 0. The Labute approximate surface area is 176 Å². The molecule has 0 radical (unpaired) electrons. The highest BCUT2D eigenvalue weighted by Gasteiger charge is 2.22. The van der Waals surface area contributed by atoms with Crippen molar-refractivity contribution in [2.45, 2.75) is 26.0 Å². The van der Waals surface area contributed by atoms with E-state index in [0.29, 0.717) is 17.1 Å². The predicted octanol–water partition coefficient (Wildman–Crippen LogP) is 6.17. The molecule has 0 aromatic heterocycles. The molecule has 0 bridgehead atoms. The van der Waals surface area contributed by atoms with E-state index < -0.39 is 12.2 Å². The summed E-state index contributed by atoms with van der Waals surface area (Å²) < 4.78 is 11.2. The molecule has 0 aliphatic carbocycles. The molecule has 0 aliphatic heterocycles. The number of para-hydroxylation sites is 1. The number of carbonyl (C=O) groups is 1. The van der Waals surface area contributed by atoms with Gasteiger partial charge in [-0.05, 0) is 35.7 Å². The number of hydrogen-bond donors (Lipinski definition) is 1. The molecule has 3 aromatic carbocycles. The third-order valence-electron chi connectivity index (χ3n) is 4.58. The minimum Gasteiger partial charge on any atom is -0.457 e. The Balaban J connectivity index is 1.69.